The van der Waals surface area contributed by atoms with Gasteiger partial charge < -0.3 is 5.32 Å². The van der Waals surface area contributed by atoms with Crippen LogP contribution in [0.3, 0.4) is 0 Å². The van der Waals surface area contributed by atoms with Crippen LogP contribution in [0.2, 0.25) is 5.02 Å². The van der Waals surface area contributed by atoms with E-state index in [0.717, 1.165) is 11.4 Å². The molecule has 0 radical (unpaired) electrons. The molecule has 0 amide bonds. The van der Waals surface area contributed by atoms with Crippen LogP contribution in [-0.4, -0.2) is 6.04 Å². The third kappa shape index (κ3) is 1.53. The molecule has 0 unspecified atom stereocenters. The van der Waals surface area contributed by atoms with Crippen LogP contribution in [-0.2, 0) is 6.42 Å². The number of halogens is 1. The Kier molecular flexibility index (Phi) is 2.20. The summed E-state index contributed by atoms with van der Waals surface area (Å²) >= 11 is 6.12. The molecule has 1 nitrogen and oxygen atoms in total. The Morgan fingerprint density at radius 3 is 3.00 bits per heavy atom. The van der Waals surface area contributed by atoms with E-state index in [1.165, 1.54) is 23.2 Å². The lowest BCUT2D eigenvalue weighted by Gasteiger charge is -2.26. The van der Waals surface area contributed by atoms with E-state index in [1.54, 1.807) is 0 Å². The second kappa shape index (κ2) is 3.22. The summed E-state index contributed by atoms with van der Waals surface area (Å²) in [7, 11) is 0. The molecule has 0 aliphatic carbocycles. The van der Waals surface area contributed by atoms with Crippen molar-refractivity contribution < 1.29 is 0 Å². The van der Waals surface area contributed by atoms with Gasteiger partial charge in [0.1, 0.15) is 0 Å². The Bertz CT molecular complexity index is 333. The van der Waals surface area contributed by atoms with Crippen molar-refractivity contribution in [3.05, 3.63) is 28.3 Å². The molecule has 70 valence electrons. The number of benzene rings is 1. The predicted octanol–water partition coefficient (Wildman–Crippen LogP) is 3.40. The maximum absolute atomic E-state index is 6.12. The molecule has 1 aliphatic rings. The molecule has 0 saturated carbocycles. The first kappa shape index (κ1) is 8.89. The number of nitrogens with one attached hydrogen (secondary N) is 1. The monoisotopic (exact) mass is 195 g/mol. The Morgan fingerprint density at radius 1 is 1.46 bits per heavy atom. The fourth-order valence-corrected chi connectivity index (χ4v) is 2.12. The van der Waals surface area contributed by atoms with Gasteiger partial charge in [0.05, 0.1) is 0 Å². The van der Waals surface area contributed by atoms with Gasteiger partial charge in [0, 0.05) is 16.8 Å². The van der Waals surface area contributed by atoms with Crippen molar-refractivity contribution in [1.82, 2.24) is 0 Å². The largest absolute Gasteiger partial charge is 0.382 e. The third-order valence-corrected chi connectivity index (χ3v) is 3.04. The van der Waals surface area contributed by atoms with Crippen LogP contribution in [0.4, 0.5) is 5.69 Å². The lowest BCUT2D eigenvalue weighted by molar-refractivity contribution is 0.679. The van der Waals surface area contributed by atoms with Gasteiger partial charge >= 0.3 is 0 Å². The highest BCUT2D eigenvalue weighted by Crippen LogP contribution is 2.33. The number of hydrogen-bond acceptors (Lipinski definition) is 1. The normalized spacial score (nSPS) is 20.7. The first-order valence-corrected chi connectivity index (χ1v) is 5.11. The zero-order valence-electron chi connectivity index (χ0n) is 8.02. The first-order valence-electron chi connectivity index (χ1n) is 4.73. The van der Waals surface area contributed by atoms with Crippen LogP contribution in [0, 0.1) is 6.92 Å². The van der Waals surface area contributed by atoms with Gasteiger partial charge in [0.2, 0.25) is 0 Å². The van der Waals surface area contributed by atoms with Gasteiger partial charge in [-0.15, -0.1) is 0 Å². The maximum Gasteiger partial charge on any atom is 0.0458 e. The zero-order valence-corrected chi connectivity index (χ0v) is 8.78. The third-order valence-electron chi connectivity index (χ3n) is 2.68. The van der Waals surface area contributed by atoms with Crippen molar-refractivity contribution >= 4 is 17.3 Å². The van der Waals surface area contributed by atoms with E-state index in [9.17, 15) is 0 Å². The molecule has 0 bridgehead atoms. The summed E-state index contributed by atoms with van der Waals surface area (Å²) in [5, 5.41) is 4.39. The minimum atomic E-state index is 0.574. The van der Waals surface area contributed by atoms with E-state index < -0.39 is 0 Å². The smallest absolute Gasteiger partial charge is 0.0458 e. The molecule has 2 heteroatoms. The van der Waals surface area contributed by atoms with Crippen LogP contribution >= 0.6 is 11.6 Å². The van der Waals surface area contributed by atoms with E-state index in [4.69, 9.17) is 11.6 Å². The molecular formula is C11H14ClN. The molecule has 0 fully saturated rings. The van der Waals surface area contributed by atoms with E-state index >= 15 is 0 Å². The molecule has 1 aromatic carbocycles. The molecule has 1 heterocycles. The summed E-state index contributed by atoms with van der Waals surface area (Å²) in [6.45, 7) is 4.34. The average molecular weight is 196 g/mol. The SMILES string of the molecule is Cc1ccc(Cl)c2c1N[C@@H](C)CC2. The van der Waals surface area contributed by atoms with Crippen molar-refractivity contribution in [3.8, 4) is 0 Å². The highest BCUT2D eigenvalue weighted by atomic mass is 35.5. The lowest BCUT2D eigenvalue weighted by Crippen LogP contribution is -2.22. The fourth-order valence-electron chi connectivity index (χ4n) is 1.86. The van der Waals surface area contributed by atoms with E-state index in [0.29, 0.717) is 6.04 Å². The van der Waals surface area contributed by atoms with E-state index in [-0.39, 0.29) is 0 Å². The van der Waals surface area contributed by atoms with Crippen molar-refractivity contribution in [2.75, 3.05) is 5.32 Å². The summed E-state index contributed by atoms with van der Waals surface area (Å²) in [5.74, 6) is 0. The van der Waals surface area contributed by atoms with Crippen molar-refractivity contribution in [2.24, 2.45) is 0 Å². The molecule has 0 spiro atoms. The van der Waals surface area contributed by atoms with Gasteiger partial charge in [-0.2, -0.15) is 0 Å². The average Bonchev–Trinajstić information content (AvgIpc) is 2.12. The number of fused-ring (bicyclic) bond motifs is 1. The molecule has 0 saturated heterocycles. The first-order chi connectivity index (χ1) is 6.18. The molecule has 0 aromatic heterocycles. The Hall–Kier alpha value is -0.690. The summed E-state index contributed by atoms with van der Waals surface area (Å²) in [6, 6.07) is 4.64. The Morgan fingerprint density at radius 2 is 2.23 bits per heavy atom. The molecule has 1 atom stereocenters. The Labute approximate surface area is 84.1 Å². The van der Waals surface area contributed by atoms with Crippen molar-refractivity contribution in [2.45, 2.75) is 32.7 Å². The highest BCUT2D eigenvalue weighted by Gasteiger charge is 2.17. The van der Waals surface area contributed by atoms with Gasteiger partial charge in [0.25, 0.3) is 0 Å². The molecule has 13 heavy (non-hydrogen) atoms. The lowest BCUT2D eigenvalue weighted by atomic mass is 9.96. The van der Waals surface area contributed by atoms with Crippen LogP contribution in [0.1, 0.15) is 24.5 Å². The fraction of sp³-hybridized carbons (Fsp3) is 0.455. The molecular weight excluding hydrogens is 182 g/mol. The van der Waals surface area contributed by atoms with E-state index in [1.807, 2.05) is 6.07 Å². The number of anilines is 1. The van der Waals surface area contributed by atoms with Crippen LogP contribution in [0.5, 0.6) is 0 Å². The van der Waals surface area contributed by atoms with Gasteiger partial charge in [-0.25, -0.2) is 0 Å². The summed E-state index contributed by atoms with van der Waals surface area (Å²) in [5.41, 5.74) is 3.84. The molecule has 2 rings (SSSR count). The summed E-state index contributed by atoms with van der Waals surface area (Å²) in [4.78, 5) is 0. The molecule has 1 aliphatic heterocycles. The summed E-state index contributed by atoms with van der Waals surface area (Å²) < 4.78 is 0. The number of hydrogen-bond donors (Lipinski definition) is 1. The van der Waals surface area contributed by atoms with Crippen molar-refractivity contribution in [1.29, 1.82) is 0 Å². The minimum absolute atomic E-state index is 0.574. The summed E-state index contributed by atoms with van der Waals surface area (Å²) in [6.07, 6.45) is 2.28. The van der Waals surface area contributed by atoms with Crippen LogP contribution in [0.25, 0.3) is 0 Å². The maximum atomic E-state index is 6.12. The predicted molar refractivity (Wildman–Crippen MR) is 57.6 cm³/mol. The van der Waals surface area contributed by atoms with Crippen LogP contribution in [0.15, 0.2) is 12.1 Å². The number of aryl methyl sites for hydroxylation is 1. The minimum Gasteiger partial charge on any atom is -0.382 e. The number of rotatable bonds is 0. The topological polar surface area (TPSA) is 12.0 Å². The second-order valence-corrected chi connectivity index (χ2v) is 4.21. The molecule has 1 aromatic rings. The standard InChI is InChI=1S/C11H14ClN/c1-7-3-6-10(12)9-5-4-8(2)13-11(7)9/h3,6,8,13H,4-5H2,1-2H3/t8-/m0/s1. The highest BCUT2D eigenvalue weighted by molar-refractivity contribution is 6.31. The quantitative estimate of drug-likeness (QED) is 0.669. The van der Waals surface area contributed by atoms with Gasteiger partial charge in [-0.1, -0.05) is 17.7 Å². The van der Waals surface area contributed by atoms with Crippen LogP contribution < -0.4 is 5.32 Å². The Balaban J connectivity index is 2.51. The van der Waals surface area contributed by atoms with Gasteiger partial charge in [-0.3, -0.25) is 0 Å². The van der Waals surface area contributed by atoms with Crippen molar-refractivity contribution in [3.63, 3.8) is 0 Å². The zero-order chi connectivity index (χ0) is 9.42. The van der Waals surface area contributed by atoms with E-state index in [2.05, 4.69) is 25.2 Å². The molecule has 1 N–H and O–H groups in total. The van der Waals surface area contributed by atoms with Gasteiger partial charge in [0.15, 0.2) is 0 Å². The van der Waals surface area contributed by atoms with Gasteiger partial charge in [-0.05, 0) is 43.9 Å². The second-order valence-electron chi connectivity index (χ2n) is 3.80.